The molecule has 0 aliphatic heterocycles. The van der Waals surface area contributed by atoms with E-state index < -0.39 is 42.0 Å². The number of benzene rings is 2. The van der Waals surface area contributed by atoms with Gasteiger partial charge in [-0.25, -0.2) is 0 Å². The Morgan fingerprint density at radius 1 is 0.824 bits per heavy atom. The van der Waals surface area contributed by atoms with Gasteiger partial charge in [0.05, 0.1) is 18.1 Å². The Hall–Kier alpha value is -4.15. The van der Waals surface area contributed by atoms with Crippen LogP contribution < -0.4 is 10.6 Å². The molecule has 1 aliphatic rings. The van der Waals surface area contributed by atoms with E-state index in [2.05, 4.69) is 39.5 Å². The van der Waals surface area contributed by atoms with E-state index in [9.17, 15) is 24.6 Å². The van der Waals surface area contributed by atoms with Crippen molar-refractivity contribution in [3.63, 3.8) is 0 Å². The van der Waals surface area contributed by atoms with Crippen molar-refractivity contribution < 1.29 is 24.6 Å². The Morgan fingerprint density at radius 3 is 2.06 bits per heavy atom. The van der Waals surface area contributed by atoms with Crippen LogP contribution in [0.1, 0.15) is 81.8 Å². The highest BCUT2D eigenvalue weighted by Crippen LogP contribution is 2.29. The molecule has 5 unspecified atom stereocenters. The average molecular weight is 699 g/mol. The molecule has 0 bridgehead atoms. The number of aliphatic hydroxyl groups is 2. The lowest BCUT2D eigenvalue weighted by Gasteiger charge is -2.33. The van der Waals surface area contributed by atoms with Gasteiger partial charge in [-0.15, -0.1) is 24.7 Å². The number of hydrogen-bond donors (Lipinski definition) is 4. The first kappa shape index (κ1) is 41.3. The van der Waals surface area contributed by atoms with Crippen molar-refractivity contribution in [1.82, 2.24) is 20.4 Å². The fraction of sp³-hybridized carbons (Fsp3) is 0.548. The summed E-state index contributed by atoms with van der Waals surface area (Å²) in [6.07, 6.45) is 15.7. The summed E-state index contributed by atoms with van der Waals surface area (Å²) in [5, 5.41) is 27.8. The number of nitrogens with zero attached hydrogens (tertiary/aromatic N) is 2. The van der Waals surface area contributed by atoms with Gasteiger partial charge < -0.3 is 30.6 Å². The zero-order chi connectivity index (χ0) is 37.0. The molecule has 1 saturated carbocycles. The van der Waals surface area contributed by atoms with Crippen molar-refractivity contribution in [2.45, 2.75) is 108 Å². The number of aliphatic hydroxyl groups excluding tert-OH is 2. The minimum Gasteiger partial charge on any atom is -0.390 e. The van der Waals surface area contributed by atoms with Crippen LogP contribution in [0.2, 0.25) is 0 Å². The van der Waals surface area contributed by atoms with Gasteiger partial charge in [0.15, 0.2) is 0 Å². The van der Waals surface area contributed by atoms with Crippen molar-refractivity contribution in [1.29, 1.82) is 0 Å². The van der Waals surface area contributed by atoms with Gasteiger partial charge in [0.25, 0.3) is 0 Å². The van der Waals surface area contributed by atoms with Crippen molar-refractivity contribution in [3.05, 3.63) is 71.8 Å². The second-order valence-corrected chi connectivity index (χ2v) is 14.1. The van der Waals surface area contributed by atoms with Gasteiger partial charge in [-0.1, -0.05) is 92.8 Å². The van der Waals surface area contributed by atoms with Crippen molar-refractivity contribution in [2.24, 2.45) is 11.8 Å². The summed E-state index contributed by atoms with van der Waals surface area (Å²) in [6.45, 7) is 1.91. The molecular formula is C42H58N4O5. The molecule has 0 heterocycles. The minimum absolute atomic E-state index is 0.0342. The molecule has 1 aliphatic carbocycles. The van der Waals surface area contributed by atoms with Crippen molar-refractivity contribution in [3.8, 4) is 24.7 Å². The second-order valence-electron chi connectivity index (χ2n) is 14.1. The van der Waals surface area contributed by atoms with Crippen LogP contribution in [0.3, 0.4) is 0 Å². The maximum Gasteiger partial charge on any atom is 0.242 e. The maximum absolute atomic E-state index is 14.0. The maximum atomic E-state index is 14.0. The van der Waals surface area contributed by atoms with Crippen LogP contribution >= 0.6 is 0 Å². The van der Waals surface area contributed by atoms with Crippen LogP contribution in [0, 0.1) is 36.5 Å². The molecule has 2 aromatic carbocycles. The van der Waals surface area contributed by atoms with E-state index in [1.54, 1.807) is 11.9 Å². The van der Waals surface area contributed by atoms with Crippen molar-refractivity contribution >= 4 is 17.7 Å². The monoisotopic (exact) mass is 698 g/mol. The largest absolute Gasteiger partial charge is 0.390 e. The summed E-state index contributed by atoms with van der Waals surface area (Å²) in [5.41, 5.74) is 2.09. The number of nitrogens with one attached hydrogen (secondary N) is 2. The summed E-state index contributed by atoms with van der Waals surface area (Å²) in [6, 6.07) is 17.9. The third-order valence-electron chi connectivity index (χ3n) is 9.90. The Balaban J connectivity index is 1.72. The van der Waals surface area contributed by atoms with Gasteiger partial charge in [-0.05, 0) is 49.8 Å². The fourth-order valence-electron chi connectivity index (χ4n) is 6.75. The van der Waals surface area contributed by atoms with E-state index in [1.165, 1.54) is 5.56 Å². The van der Waals surface area contributed by atoms with E-state index in [-0.39, 0.29) is 31.6 Å². The van der Waals surface area contributed by atoms with Gasteiger partial charge in [-0.2, -0.15) is 0 Å². The lowest BCUT2D eigenvalue weighted by atomic mass is 9.82. The normalized spacial score (nSPS) is 16.1. The van der Waals surface area contributed by atoms with E-state index in [4.69, 9.17) is 12.8 Å². The molecule has 0 radical (unpaired) electrons. The smallest absolute Gasteiger partial charge is 0.242 e. The van der Waals surface area contributed by atoms with Gasteiger partial charge in [-0.3, -0.25) is 14.4 Å². The first-order chi connectivity index (χ1) is 24.6. The fourth-order valence-corrected chi connectivity index (χ4v) is 6.75. The van der Waals surface area contributed by atoms with E-state index in [1.807, 2.05) is 55.6 Å². The van der Waals surface area contributed by atoms with Crippen LogP contribution in [-0.4, -0.2) is 89.2 Å². The minimum atomic E-state index is -1.22. The summed E-state index contributed by atoms with van der Waals surface area (Å²) >= 11 is 0. The Labute approximate surface area is 305 Å². The highest BCUT2D eigenvalue weighted by molar-refractivity contribution is 5.91. The van der Waals surface area contributed by atoms with E-state index >= 15 is 0 Å². The molecule has 5 atom stereocenters. The Morgan fingerprint density at radius 2 is 1.43 bits per heavy atom. The quantitative estimate of drug-likeness (QED) is 0.144. The van der Waals surface area contributed by atoms with Gasteiger partial charge in [0, 0.05) is 45.9 Å². The van der Waals surface area contributed by atoms with Crippen LogP contribution in [0.25, 0.3) is 0 Å². The molecule has 0 spiro atoms. The third-order valence-corrected chi connectivity index (χ3v) is 9.90. The molecule has 51 heavy (non-hydrogen) atoms. The first-order valence-corrected chi connectivity index (χ1v) is 18.4. The van der Waals surface area contributed by atoms with Crippen LogP contribution in [0.4, 0.5) is 0 Å². The van der Waals surface area contributed by atoms with Gasteiger partial charge in [0.2, 0.25) is 17.7 Å². The van der Waals surface area contributed by atoms with Crippen molar-refractivity contribution in [2.75, 3.05) is 27.2 Å². The van der Waals surface area contributed by atoms with Crippen LogP contribution in [0.5, 0.6) is 0 Å². The first-order valence-electron chi connectivity index (χ1n) is 18.4. The third kappa shape index (κ3) is 14.9. The lowest BCUT2D eigenvalue weighted by Crippen LogP contribution is -2.56. The number of hydrogen-bond acceptors (Lipinski definition) is 6. The van der Waals surface area contributed by atoms with Crippen LogP contribution in [0.15, 0.2) is 60.7 Å². The number of terminal acetylenes is 2. The van der Waals surface area contributed by atoms with Gasteiger partial charge in [0.1, 0.15) is 12.1 Å². The summed E-state index contributed by atoms with van der Waals surface area (Å²) in [4.78, 5) is 45.2. The SMILES string of the molecule is C#CCCC(NC(=O)C(CC(=O)N(C)CCN(C)Cc1ccccc1)Cc1ccccc1)C(=O)NC(CC1CCCCC1)C(O)C(O)CCC#C. The lowest BCUT2D eigenvalue weighted by molar-refractivity contribution is -0.137. The molecule has 276 valence electrons. The number of carbonyl (C=O) groups is 3. The number of rotatable bonds is 21. The van der Waals surface area contributed by atoms with Gasteiger partial charge >= 0.3 is 0 Å². The molecule has 1 fully saturated rings. The summed E-state index contributed by atoms with van der Waals surface area (Å²) in [5.74, 6) is 3.55. The topological polar surface area (TPSA) is 122 Å². The molecule has 3 rings (SSSR count). The predicted octanol–water partition coefficient (Wildman–Crippen LogP) is 4.31. The Bertz CT molecular complexity index is 1420. The van der Waals surface area contributed by atoms with E-state index in [0.29, 0.717) is 38.3 Å². The Kier molecular flexibility index (Phi) is 18.3. The molecule has 3 amide bonds. The predicted molar refractivity (Wildman–Crippen MR) is 202 cm³/mol. The van der Waals surface area contributed by atoms with Crippen LogP contribution in [-0.2, 0) is 27.3 Å². The summed E-state index contributed by atoms with van der Waals surface area (Å²) < 4.78 is 0. The summed E-state index contributed by atoms with van der Waals surface area (Å²) in [7, 11) is 3.75. The standard InChI is InChI=1S/C42H58N4O5/c1-5-7-24-36(42(51)44-37(29-33-20-14-10-15-21-33)40(49)38(47)25-8-6-2)43-41(50)35(28-32-18-12-9-13-19-32)30-39(48)46(4)27-26-45(3)31-34-22-16-11-17-23-34/h1-2,9,11-13,16-19,22-23,33,35-38,40,47,49H,7-8,10,14-15,20-21,24-31H2,3-4H3,(H,43,50)(H,44,51). The highest BCUT2D eigenvalue weighted by atomic mass is 16.3. The van der Waals surface area contributed by atoms with E-state index in [0.717, 1.165) is 44.2 Å². The molecule has 9 nitrogen and oxygen atoms in total. The molecule has 0 saturated heterocycles. The number of carbonyl (C=O) groups excluding carboxylic acids is 3. The molecule has 0 aromatic heterocycles. The number of likely N-dealkylation sites (N-methyl/N-ethyl adjacent to an activating group) is 2. The molecule has 4 N–H and O–H groups in total. The molecule has 2 aromatic rings. The number of amides is 3. The molecular weight excluding hydrogens is 640 g/mol. The molecule has 9 heteroatoms. The zero-order valence-corrected chi connectivity index (χ0v) is 30.5. The zero-order valence-electron chi connectivity index (χ0n) is 30.5. The average Bonchev–Trinajstić information content (AvgIpc) is 3.14. The second kappa shape index (κ2) is 22.6. The highest BCUT2D eigenvalue weighted by Gasteiger charge is 2.34.